The van der Waals surface area contributed by atoms with E-state index in [2.05, 4.69) is 17.5 Å². The number of anilines is 2. The first-order chi connectivity index (χ1) is 13.9. The highest BCUT2D eigenvalue weighted by atomic mass is 35.5. The van der Waals surface area contributed by atoms with Crippen molar-refractivity contribution < 1.29 is 14.4 Å². The number of carbonyl (C=O) groups excluding carboxylic acids is 3. The van der Waals surface area contributed by atoms with E-state index in [1.807, 2.05) is 0 Å². The Morgan fingerprint density at radius 2 is 1.66 bits per heavy atom. The van der Waals surface area contributed by atoms with E-state index in [0.29, 0.717) is 27.0 Å². The molecule has 5 rings (SSSR count). The van der Waals surface area contributed by atoms with E-state index < -0.39 is 5.91 Å². The van der Waals surface area contributed by atoms with Crippen molar-refractivity contribution in [1.82, 2.24) is 0 Å². The van der Waals surface area contributed by atoms with Gasteiger partial charge in [-0.2, -0.15) is 0 Å². The summed E-state index contributed by atoms with van der Waals surface area (Å²) in [7, 11) is 0. The highest BCUT2D eigenvalue weighted by Crippen LogP contribution is 2.53. The Hall–Kier alpha value is -2.63. The molecule has 3 amide bonds. The molecule has 1 heterocycles. The van der Waals surface area contributed by atoms with Crippen LogP contribution < -0.4 is 10.2 Å². The lowest BCUT2D eigenvalue weighted by atomic mass is 9.85. The fourth-order valence-electron chi connectivity index (χ4n) is 4.73. The van der Waals surface area contributed by atoms with E-state index >= 15 is 0 Å². The van der Waals surface area contributed by atoms with Crippen LogP contribution >= 0.6 is 23.2 Å². The molecule has 7 heteroatoms. The number of amides is 3. The number of imide groups is 1. The minimum atomic E-state index is -0.392. The van der Waals surface area contributed by atoms with Gasteiger partial charge in [0.1, 0.15) is 0 Å². The van der Waals surface area contributed by atoms with Gasteiger partial charge < -0.3 is 5.32 Å². The third-order valence-corrected chi connectivity index (χ3v) is 6.56. The standard InChI is InChI=1S/C22H16Cl2N2O3/c23-14-6-7-17(16(24)10-14)25-20(27)13-2-1-3-15(9-13)26-21(28)18-11-4-5-12(8-11)19(18)22(26)29/h1-7,9-12,18-19H,8H2,(H,25,27)/t11-,12+,18-,19-/m0/s1. The SMILES string of the molecule is O=C(Nc1ccc(Cl)cc1Cl)c1cccc(N2C(=O)[C@@H]3[C@@H](C2=O)[C@H]2C=C[C@@H]3C2)c1. The van der Waals surface area contributed by atoms with E-state index in [4.69, 9.17) is 23.2 Å². The maximum atomic E-state index is 13.0. The molecule has 2 aromatic rings. The molecule has 0 spiro atoms. The Bertz CT molecular complexity index is 1070. The maximum Gasteiger partial charge on any atom is 0.255 e. The number of allylic oxidation sites excluding steroid dienone is 2. The minimum Gasteiger partial charge on any atom is -0.321 e. The second-order valence-corrected chi connectivity index (χ2v) is 8.48. The number of rotatable bonds is 3. The Morgan fingerprint density at radius 3 is 2.31 bits per heavy atom. The van der Waals surface area contributed by atoms with Crippen molar-refractivity contribution in [3.8, 4) is 0 Å². The van der Waals surface area contributed by atoms with Crippen LogP contribution in [0.1, 0.15) is 16.8 Å². The number of benzene rings is 2. The first-order valence-corrected chi connectivity index (χ1v) is 10.1. The lowest BCUT2D eigenvalue weighted by molar-refractivity contribution is -0.123. The van der Waals surface area contributed by atoms with Crippen LogP contribution in [-0.4, -0.2) is 17.7 Å². The lowest BCUT2D eigenvalue weighted by Crippen LogP contribution is -2.33. The summed E-state index contributed by atoms with van der Waals surface area (Å²) in [5.41, 5.74) is 1.17. The fraction of sp³-hybridized carbons (Fsp3) is 0.227. The van der Waals surface area contributed by atoms with Gasteiger partial charge in [-0.1, -0.05) is 41.4 Å². The topological polar surface area (TPSA) is 66.5 Å². The molecule has 29 heavy (non-hydrogen) atoms. The van der Waals surface area contributed by atoms with E-state index in [1.165, 1.54) is 11.0 Å². The summed E-state index contributed by atoms with van der Waals surface area (Å²) in [5.74, 6) is -0.997. The molecule has 4 atom stereocenters. The quantitative estimate of drug-likeness (QED) is 0.577. The number of carbonyl (C=O) groups is 3. The van der Waals surface area contributed by atoms with Gasteiger partial charge in [0.05, 0.1) is 28.2 Å². The second-order valence-electron chi connectivity index (χ2n) is 7.64. The van der Waals surface area contributed by atoms with Crippen molar-refractivity contribution >= 4 is 52.3 Å². The molecule has 1 aliphatic heterocycles. The zero-order chi connectivity index (χ0) is 20.3. The molecule has 0 radical (unpaired) electrons. The normalized spacial score (nSPS) is 26.9. The maximum absolute atomic E-state index is 13.0. The highest BCUT2D eigenvalue weighted by molar-refractivity contribution is 6.36. The van der Waals surface area contributed by atoms with Gasteiger partial charge in [0.15, 0.2) is 0 Å². The summed E-state index contributed by atoms with van der Waals surface area (Å²) in [6, 6.07) is 11.3. The molecule has 146 valence electrons. The fourth-order valence-corrected chi connectivity index (χ4v) is 5.18. The van der Waals surface area contributed by atoms with Gasteiger partial charge in [0.25, 0.3) is 5.91 Å². The number of nitrogens with zero attached hydrogens (tertiary/aromatic N) is 1. The summed E-state index contributed by atoms with van der Waals surface area (Å²) in [5, 5.41) is 3.52. The third-order valence-electron chi connectivity index (χ3n) is 6.02. The Kier molecular flexibility index (Phi) is 4.26. The Morgan fingerprint density at radius 1 is 0.966 bits per heavy atom. The van der Waals surface area contributed by atoms with Crippen molar-refractivity contribution in [3.05, 3.63) is 70.2 Å². The van der Waals surface area contributed by atoms with Gasteiger partial charge >= 0.3 is 0 Å². The molecule has 0 unspecified atom stereocenters. The summed E-state index contributed by atoms with van der Waals surface area (Å²) in [4.78, 5) is 39.9. The van der Waals surface area contributed by atoms with Crippen LogP contribution in [0.4, 0.5) is 11.4 Å². The Balaban J connectivity index is 1.41. The summed E-state index contributed by atoms with van der Waals surface area (Å²) < 4.78 is 0. The van der Waals surface area contributed by atoms with Crippen LogP contribution in [0.3, 0.4) is 0 Å². The molecule has 0 aromatic heterocycles. The Labute approximate surface area is 177 Å². The number of fused-ring (bicyclic) bond motifs is 5. The third kappa shape index (κ3) is 2.88. The van der Waals surface area contributed by atoms with Gasteiger partial charge in [-0.25, -0.2) is 4.90 Å². The first kappa shape index (κ1) is 18.4. The molecule has 1 saturated carbocycles. The van der Waals surface area contributed by atoms with Crippen LogP contribution in [0.25, 0.3) is 0 Å². The predicted molar refractivity (Wildman–Crippen MR) is 111 cm³/mol. The van der Waals surface area contributed by atoms with Gasteiger partial charge in [0, 0.05) is 10.6 Å². The van der Waals surface area contributed by atoms with Gasteiger partial charge in [-0.05, 0) is 54.7 Å². The summed E-state index contributed by atoms with van der Waals surface area (Å²) >= 11 is 12.0. The van der Waals surface area contributed by atoms with Crippen LogP contribution in [0, 0.1) is 23.7 Å². The largest absolute Gasteiger partial charge is 0.321 e. The van der Waals surface area contributed by atoms with E-state index in [9.17, 15) is 14.4 Å². The van der Waals surface area contributed by atoms with Crippen LogP contribution in [0.2, 0.25) is 10.0 Å². The summed E-state index contributed by atoms with van der Waals surface area (Å²) in [6.45, 7) is 0. The smallest absolute Gasteiger partial charge is 0.255 e. The number of nitrogens with one attached hydrogen (secondary N) is 1. The van der Waals surface area contributed by atoms with Crippen molar-refractivity contribution in [2.45, 2.75) is 6.42 Å². The van der Waals surface area contributed by atoms with Gasteiger partial charge in [-0.3, -0.25) is 14.4 Å². The van der Waals surface area contributed by atoms with Crippen molar-refractivity contribution in [2.75, 3.05) is 10.2 Å². The predicted octanol–water partition coefficient (Wildman–Crippen LogP) is 4.56. The number of hydrogen-bond acceptors (Lipinski definition) is 3. The van der Waals surface area contributed by atoms with Crippen molar-refractivity contribution in [1.29, 1.82) is 0 Å². The van der Waals surface area contributed by atoms with Crippen LogP contribution in [-0.2, 0) is 9.59 Å². The zero-order valence-electron chi connectivity index (χ0n) is 15.1. The van der Waals surface area contributed by atoms with Crippen LogP contribution in [0.15, 0.2) is 54.6 Å². The molecule has 2 fully saturated rings. The van der Waals surface area contributed by atoms with Crippen molar-refractivity contribution in [3.63, 3.8) is 0 Å². The zero-order valence-corrected chi connectivity index (χ0v) is 16.7. The molecular formula is C22H16Cl2N2O3. The van der Waals surface area contributed by atoms with E-state index in [0.717, 1.165) is 6.42 Å². The average Bonchev–Trinajstić information content (AvgIpc) is 3.38. The molecular weight excluding hydrogens is 411 g/mol. The van der Waals surface area contributed by atoms with Crippen LogP contribution in [0.5, 0.6) is 0 Å². The molecule has 2 aromatic carbocycles. The van der Waals surface area contributed by atoms with Gasteiger partial charge in [0.2, 0.25) is 11.8 Å². The first-order valence-electron chi connectivity index (χ1n) is 9.36. The summed E-state index contributed by atoms with van der Waals surface area (Å²) in [6.07, 6.45) is 4.99. The minimum absolute atomic E-state index is 0.143. The van der Waals surface area contributed by atoms with E-state index in [1.54, 1.807) is 36.4 Å². The monoisotopic (exact) mass is 426 g/mol. The highest BCUT2D eigenvalue weighted by Gasteiger charge is 2.59. The average molecular weight is 427 g/mol. The molecule has 2 bridgehead atoms. The number of halogens is 2. The number of hydrogen-bond donors (Lipinski definition) is 1. The van der Waals surface area contributed by atoms with E-state index in [-0.39, 0.29) is 35.5 Å². The van der Waals surface area contributed by atoms with Crippen molar-refractivity contribution in [2.24, 2.45) is 23.7 Å². The molecule has 1 N–H and O–H groups in total. The second kappa shape index (κ2) is 6.71. The van der Waals surface area contributed by atoms with Gasteiger partial charge in [-0.15, -0.1) is 0 Å². The molecule has 3 aliphatic rings. The molecule has 1 saturated heterocycles. The lowest BCUT2D eigenvalue weighted by Gasteiger charge is -2.18. The molecule has 5 nitrogen and oxygen atoms in total. The molecule has 2 aliphatic carbocycles.